The van der Waals surface area contributed by atoms with Gasteiger partial charge >= 0.3 is 5.97 Å². The number of carboxylic acid groups (broad SMARTS) is 1. The van der Waals surface area contributed by atoms with Gasteiger partial charge in [-0.25, -0.2) is 9.78 Å². The number of hydrogen-bond donors (Lipinski definition) is 5. The highest BCUT2D eigenvalue weighted by Crippen LogP contribution is 2.13. The Labute approximate surface area is 166 Å². The summed E-state index contributed by atoms with van der Waals surface area (Å²) >= 11 is 0. The average molecular weight is 411 g/mol. The SMILES string of the molecule is CC(N)C(=O)N(C(=O)C(N)CC(N)=O)C(Cc1cn(C(=O)C(C)N)cn1)C(=O)O. The number of nitrogens with zero attached hydrogens (tertiary/aromatic N) is 3. The number of hydrogen-bond acceptors (Lipinski definition) is 9. The van der Waals surface area contributed by atoms with Crippen LogP contribution in [-0.4, -0.2) is 73.3 Å². The molecular formula is C16H25N7O6. The van der Waals surface area contributed by atoms with Crippen LogP contribution in [0.1, 0.15) is 30.8 Å². The molecule has 4 unspecified atom stereocenters. The van der Waals surface area contributed by atoms with Crippen molar-refractivity contribution in [2.24, 2.45) is 22.9 Å². The number of primary amides is 1. The van der Waals surface area contributed by atoms with E-state index >= 15 is 0 Å². The van der Waals surface area contributed by atoms with E-state index in [2.05, 4.69) is 4.98 Å². The molecule has 0 spiro atoms. The van der Waals surface area contributed by atoms with Crippen LogP contribution in [0, 0.1) is 0 Å². The summed E-state index contributed by atoms with van der Waals surface area (Å²) in [5.41, 5.74) is 21.8. The Hall–Kier alpha value is -3.16. The maximum atomic E-state index is 12.6. The number of aliphatic carboxylic acids is 1. The zero-order chi connectivity index (χ0) is 22.5. The van der Waals surface area contributed by atoms with Gasteiger partial charge in [-0.2, -0.15) is 0 Å². The lowest BCUT2D eigenvalue weighted by atomic mass is 10.1. The number of nitrogens with two attached hydrogens (primary N) is 4. The first-order valence-corrected chi connectivity index (χ1v) is 8.58. The van der Waals surface area contributed by atoms with Gasteiger partial charge in [0.05, 0.1) is 30.2 Å². The van der Waals surface area contributed by atoms with E-state index in [4.69, 9.17) is 22.9 Å². The summed E-state index contributed by atoms with van der Waals surface area (Å²) in [6.45, 7) is 2.72. The molecular weight excluding hydrogens is 386 g/mol. The zero-order valence-electron chi connectivity index (χ0n) is 16.0. The Morgan fingerprint density at radius 2 is 1.69 bits per heavy atom. The van der Waals surface area contributed by atoms with Gasteiger partial charge in [-0.1, -0.05) is 0 Å². The molecule has 0 aliphatic heterocycles. The smallest absolute Gasteiger partial charge is 0.327 e. The zero-order valence-corrected chi connectivity index (χ0v) is 16.0. The Bertz CT molecular complexity index is 803. The number of aromatic nitrogens is 2. The van der Waals surface area contributed by atoms with Gasteiger partial charge in [0.2, 0.25) is 23.6 Å². The normalized spacial score (nSPS) is 15.1. The minimum Gasteiger partial charge on any atom is -0.480 e. The largest absolute Gasteiger partial charge is 0.480 e. The summed E-state index contributed by atoms with van der Waals surface area (Å²) in [6.07, 6.45) is 1.36. The average Bonchev–Trinajstić information content (AvgIpc) is 3.07. The van der Waals surface area contributed by atoms with E-state index in [1.807, 2.05) is 0 Å². The van der Waals surface area contributed by atoms with E-state index in [1.54, 1.807) is 0 Å². The van der Waals surface area contributed by atoms with Crippen LogP contribution < -0.4 is 22.9 Å². The van der Waals surface area contributed by atoms with E-state index in [1.165, 1.54) is 20.0 Å². The maximum absolute atomic E-state index is 12.6. The summed E-state index contributed by atoms with van der Waals surface area (Å²) in [5, 5.41) is 9.61. The fourth-order valence-electron chi connectivity index (χ4n) is 2.43. The molecule has 0 aliphatic rings. The Kier molecular flexibility index (Phi) is 8.12. The first-order valence-electron chi connectivity index (χ1n) is 8.58. The molecule has 1 aromatic heterocycles. The monoisotopic (exact) mass is 411 g/mol. The van der Waals surface area contributed by atoms with Crippen LogP contribution in [0.4, 0.5) is 0 Å². The molecule has 29 heavy (non-hydrogen) atoms. The van der Waals surface area contributed by atoms with Gasteiger partial charge in [0, 0.05) is 12.6 Å². The summed E-state index contributed by atoms with van der Waals surface area (Å²) in [6, 6.07) is -5.31. The summed E-state index contributed by atoms with van der Waals surface area (Å²) in [4.78, 5) is 64.2. The van der Waals surface area contributed by atoms with Crippen LogP contribution in [0.15, 0.2) is 12.5 Å². The third kappa shape index (κ3) is 6.17. The van der Waals surface area contributed by atoms with Gasteiger partial charge in [0.1, 0.15) is 12.4 Å². The number of imide groups is 1. The van der Waals surface area contributed by atoms with Gasteiger partial charge < -0.3 is 28.0 Å². The van der Waals surface area contributed by atoms with E-state index in [0.29, 0.717) is 4.90 Å². The Balaban J connectivity index is 3.25. The van der Waals surface area contributed by atoms with Crippen molar-refractivity contribution in [3.8, 4) is 0 Å². The van der Waals surface area contributed by atoms with Gasteiger partial charge in [0.25, 0.3) is 0 Å². The van der Waals surface area contributed by atoms with Crippen molar-refractivity contribution in [3.05, 3.63) is 18.2 Å². The maximum Gasteiger partial charge on any atom is 0.327 e. The molecule has 13 nitrogen and oxygen atoms in total. The number of rotatable bonds is 9. The molecule has 4 atom stereocenters. The number of imidazole rings is 1. The van der Waals surface area contributed by atoms with Crippen molar-refractivity contribution in [2.45, 2.75) is 50.9 Å². The molecule has 0 fully saturated rings. The molecule has 0 aromatic carbocycles. The highest BCUT2D eigenvalue weighted by molar-refractivity contribution is 6.04. The molecule has 13 heteroatoms. The minimum atomic E-state index is -1.73. The highest BCUT2D eigenvalue weighted by atomic mass is 16.4. The Morgan fingerprint density at radius 3 is 2.14 bits per heavy atom. The predicted octanol–water partition coefficient (Wildman–Crippen LogP) is -3.23. The summed E-state index contributed by atoms with van der Waals surface area (Å²) < 4.78 is 1.07. The number of carboxylic acids is 1. The molecule has 0 radical (unpaired) electrons. The number of carbonyl (C=O) groups is 5. The quantitative estimate of drug-likeness (QED) is 0.272. The fraction of sp³-hybridized carbons (Fsp3) is 0.500. The van der Waals surface area contributed by atoms with E-state index in [9.17, 15) is 29.1 Å². The van der Waals surface area contributed by atoms with Gasteiger partial charge in [-0.15, -0.1) is 0 Å². The molecule has 1 rings (SSSR count). The third-order valence-corrected chi connectivity index (χ3v) is 3.88. The van der Waals surface area contributed by atoms with Crippen LogP contribution in [0.2, 0.25) is 0 Å². The molecule has 0 bridgehead atoms. The lowest BCUT2D eigenvalue weighted by Gasteiger charge is -2.30. The Morgan fingerprint density at radius 1 is 1.10 bits per heavy atom. The van der Waals surface area contributed by atoms with Crippen LogP contribution in [0.3, 0.4) is 0 Å². The molecule has 1 aromatic rings. The topological polar surface area (TPSA) is 231 Å². The lowest BCUT2D eigenvalue weighted by Crippen LogP contribution is -2.58. The number of carbonyl (C=O) groups excluding carboxylic acids is 4. The summed E-state index contributed by atoms with van der Waals surface area (Å²) in [5.74, 6) is -5.05. The lowest BCUT2D eigenvalue weighted by molar-refractivity contribution is -0.159. The van der Waals surface area contributed by atoms with Crippen molar-refractivity contribution in [1.29, 1.82) is 0 Å². The molecule has 0 saturated carbocycles. The van der Waals surface area contributed by atoms with Crippen molar-refractivity contribution >= 4 is 29.6 Å². The van der Waals surface area contributed by atoms with Crippen LogP contribution in [-0.2, 0) is 25.6 Å². The second-order valence-corrected chi connectivity index (χ2v) is 6.57. The second-order valence-electron chi connectivity index (χ2n) is 6.57. The van der Waals surface area contributed by atoms with Crippen molar-refractivity contribution in [2.75, 3.05) is 0 Å². The van der Waals surface area contributed by atoms with Crippen LogP contribution in [0.5, 0.6) is 0 Å². The molecule has 160 valence electrons. The van der Waals surface area contributed by atoms with Crippen molar-refractivity contribution in [3.63, 3.8) is 0 Å². The first kappa shape index (κ1) is 23.9. The van der Waals surface area contributed by atoms with E-state index in [-0.39, 0.29) is 5.69 Å². The number of amides is 3. The van der Waals surface area contributed by atoms with Crippen molar-refractivity contribution < 1.29 is 29.1 Å². The molecule has 9 N–H and O–H groups in total. The van der Waals surface area contributed by atoms with Crippen molar-refractivity contribution in [1.82, 2.24) is 14.5 Å². The van der Waals surface area contributed by atoms with E-state index < -0.39 is 66.6 Å². The molecule has 3 amide bonds. The van der Waals surface area contributed by atoms with Crippen LogP contribution >= 0.6 is 0 Å². The fourth-order valence-corrected chi connectivity index (χ4v) is 2.43. The van der Waals surface area contributed by atoms with Gasteiger partial charge in [0.15, 0.2) is 0 Å². The standard InChI is InChI=1S/C16H25N7O6/c1-7(17)13(25)22-5-9(21-6-22)3-11(16(28)29)23(14(26)8(2)18)15(27)10(19)4-12(20)24/h5-8,10-11H,3-4,17-19H2,1-2H3,(H2,20,24)(H,28,29). The molecule has 0 saturated heterocycles. The molecule has 0 aliphatic carbocycles. The molecule has 1 heterocycles. The van der Waals surface area contributed by atoms with Crippen LogP contribution in [0.25, 0.3) is 0 Å². The van der Waals surface area contributed by atoms with Gasteiger partial charge in [-0.3, -0.25) is 28.6 Å². The van der Waals surface area contributed by atoms with E-state index in [0.717, 1.165) is 10.9 Å². The first-order chi connectivity index (χ1) is 13.4. The summed E-state index contributed by atoms with van der Waals surface area (Å²) in [7, 11) is 0. The highest BCUT2D eigenvalue weighted by Gasteiger charge is 2.39. The minimum absolute atomic E-state index is 0.102. The third-order valence-electron chi connectivity index (χ3n) is 3.88. The predicted molar refractivity (Wildman–Crippen MR) is 98.9 cm³/mol. The second kappa shape index (κ2) is 9.86. The van der Waals surface area contributed by atoms with Gasteiger partial charge in [-0.05, 0) is 13.8 Å².